The molecule has 4 heteroatoms. The first kappa shape index (κ1) is 19.8. The standard InChI is InChI=1S/C22H29NO3/c1-4-6-14-25-19-11-9-10-18(15-19)23-22(24)16-26-21-13-8-7-12-20(21)17(3)5-2/h7-13,15,17H,4-6,14,16H2,1-3H3,(H,23,24). The number of hydrogen-bond donors (Lipinski definition) is 1. The summed E-state index contributed by atoms with van der Waals surface area (Å²) in [6.45, 7) is 7.09. The normalized spacial score (nSPS) is 11.7. The molecule has 0 aromatic heterocycles. The molecule has 0 spiro atoms. The lowest BCUT2D eigenvalue weighted by Crippen LogP contribution is -2.20. The number of nitrogens with one attached hydrogen (secondary N) is 1. The molecule has 2 aromatic carbocycles. The van der Waals surface area contributed by atoms with E-state index in [-0.39, 0.29) is 12.5 Å². The molecule has 0 aliphatic carbocycles. The Morgan fingerprint density at radius 2 is 1.88 bits per heavy atom. The fourth-order valence-electron chi connectivity index (χ4n) is 2.58. The van der Waals surface area contributed by atoms with Crippen LogP contribution in [-0.2, 0) is 4.79 Å². The minimum Gasteiger partial charge on any atom is -0.494 e. The largest absolute Gasteiger partial charge is 0.494 e. The molecule has 4 nitrogen and oxygen atoms in total. The maximum Gasteiger partial charge on any atom is 0.262 e. The Hall–Kier alpha value is -2.49. The van der Waals surface area contributed by atoms with Crippen LogP contribution in [0.1, 0.15) is 51.5 Å². The number of para-hydroxylation sites is 1. The van der Waals surface area contributed by atoms with Gasteiger partial charge in [0.15, 0.2) is 6.61 Å². The summed E-state index contributed by atoms with van der Waals surface area (Å²) in [4.78, 5) is 12.2. The SMILES string of the molecule is CCCCOc1cccc(NC(=O)COc2ccccc2C(C)CC)c1. The third-order valence-electron chi connectivity index (χ3n) is 4.31. The minimum absolute atomic E-state index is 0.0195. The zero-order chi connectivity index (χ0) is 18.8. The summed E-state index contributed by atoms with van der Waals surface area (Å²) >= 11 is 0. The van der Waals surface area contributed by atoms with Crippen molar-refractivity contribution in [2.24, 2.45) is 0 Å². The average Bonchev–Trinajstić information content (AvgIpc) is 2.66. The van der Waals surface area contributed by atoms with Gasteiger partial charge < -0.3 is 14.8 Å². The van der Waals surface area contributed by atoms with Gasteiger partial charge in [0.05, 0.1) is 6.61 Å². The van der Waals surface area contributed by atoms with Crippen molar-refractivity contribution in [1.29, 1.82) is 0 Å². The molecule has 0 saturated heterocycles. The van der Waals surface area contributed by atoms with Gasteiger partial charge in [-0.1, -0.05) is 51.5 Å². The van der Waals surface area contributed by atoms with Gasteiger partial charge in [0.25, 0.3) is 5.91 Å². The van der Waals surface area contributed by atoms with E-state index in [0.717, 1.165) is 36.3 Å². The van der Waals surface area contributed by atoms with Crippen LogP contribution in [0.2, 0.25) is 0 Å². The maximum absolute atomic E-state index is 12.2. The first-order valence-corrected chi connectivity index (χ1v) is 9.38. The molecule has 0 aliphatic rings. The number of rotatable bonds is 10. The van der Waals surface area contributed by atoms with Crippen LogP contribution in [0.5, 0.6) is 11.5 Å². The molecular formula is C22H29NO3. The van der Waals surface area contributed by atoms with Crippen molar-refractivity contribution in [2.45, 2.75) is 46.0 Å². The second-order valence-corrected chi connectivity index (χ2v) is 6.41. The number of hydrogen-bond acceptors (Lipinski definition) is 3. The van der Waals surface area contributed by atoms with Crippen LogP contribution in [0.15, 0.2) is 48.5 Å². The number of benzene rings is 2. The summed E-state index contributed by atoms with van der Waals surface area (Å²) in [6, 6.07) is 15.3. The van der Waals surface area contributed by atoms with Gasteiger partial charge in [-0.15, -0.1) is 0 Å². The lowest BCUT2D eigenvalue weighted by molar-refractivity contribution is -0.118. The van der Waals surface area contributed by atoms with Crippen molar-refractivity contribution >= 4 is 11.6 Å². The van der Waals surface area contributed by atoms with Crippen molar-refractivity contribution in [2.75, 3.05) is 18.5 Å². The summed E-state index contributed by atoms with van der Waals surface area (Å²) < 4.78 is 11.4. The Labute approximate surface area is 156 Å². The maximum atomic E-state index is 12.2. The molecule has 0 radical (unpaired) electrons. The molecule has 2 aromatic rings. The third kappa shape index (κ3) is 6.10. The van der Waals surface area contributed by atoms with E-state index < -0.39 is 0 Å². The van der Waals surface area contributed by atoms with Crippen LogP contribution in [0.25, 0.3) is 0 Å². The molecule has 26 heavy (non-hydrogen) atoms. The van der Waals surface area contributed by atoms with Crippen molar-refractivity contribution in [3.8, 4) is 11.5 Å². The monoisotopic (exact) mass is 355 g/mol. The van der Waals surface area contributed by atoms with Crippen LogP contribution in [0.3, 0.4) is 0 Å². The molecule has 0 bridgehead atoms. The van der Waals surface area contributed by atoms with Crippen LogP contribution < -0.4 is 14.8 Å². The fourth-order valence-corrected chi connectivity index (χ4v) is 2.58. The van der Waals surface area contributed by atoms with Crippen molar-refractivity contribution < 1.29 is 14.3 Å². The van der Waals surface area contributed by atoms with Gasteiger partial charge in [-0.25, -0.2) is 0 Å². The highest BCUT2D eigenvalue weighted by Crippen LogP contribution is 2.28. The first-order chi connectivity index (χ1) is 12.6. The van der Waals surface area contributed by atoms with Crippen molar-refractivity contribution in [3.05, 3.63) is 54.1 Å². The van der Waals surface area contributed by atoms with Crippen LogP contribution in [-0.4, -0.2) is 19.1 Å². The van der Waals surface area contributed by atoms with Crippen LogP contribution in [0.4, 0.5) is 5.69 Å². The summed E-state index contributed by atoms with van der Waals surface area (Å²) in [6.07, 6.45) is 3.13. The van der Waals surface area contributed by atoms with E-state index >= 15 is 0 Å². The Balaban J connectivity index is 1.91. The van der Waals surface area contributed by atoms with E-state index in [1.165, 1.54) is 0 Å². The number of carbonyl (C=O) groups is 1. The second kappa shape index (κ2) is 10.5. The lowest BCUT2D eigenvalue weighted by atomic mass is 9.98. The molecule has 0 heterocycles. The number of anilines is 1. The predicted molar refractivity (Wildman–Crippen MR) is 106 cm³/mol. The summed E-state index contributed by atoms with van der Waals surface area (Å²) in [7, 11) is 0. The third-order valence-corrected chi connectivity index (χ3v) is 4.31. The highest BCUT2D eigenvalue weighted by atomic mass is 16.5. The molecular weight excluding hydrogens is 326 g/mol. The van der Waals surface area contributed by atoms with E-state index in [4.69, 9.17) is 9.47 Å². The lowest BCUT2D eigenvalue weighted by Gasteiger charge is -2.15. The number of unbranched alkanes of at least 4 members (excludes halogenated alkanes) is 1. The number of amides is 1. The molecule has 2 rings (SSSR count). The van der Waals surface area contributed by atoms with E-state index in [1.807, 2.05) is 42.5 Å². The molecule has 0 saturated carbocycles. The highest BCUT2D eigenvalue weighted by molar-refractivity contribution is 5.92. The first-order valence-electron chi connectivity index (χ1n) is 9.38. The molecule has 0 aliphatic heterocycles. The zero-order valence-electron chi connectivity index (χ0n) is 16.0. The summed E-state index contributed by atoms with van der Waals surface area (Å²) in [5.74, 6) is 1.74. The topological polar surface area (TPSA) is 47.6 Å². The molecule has 1 amide bonds. The quantitative estimate of drug-likeness (QED) is 0.581. The predicted octanol–water partition coefficient (Wildman–Crippen LogP) is 5.40. The van der Waals surface area contributed by atoms with E-state index in [9.17, 15) is 4.79 Å². The minimum atomic E-state index is -0.185. The Morgan fingerprint density at radius 1 is 1.08 bits per heavy atom. The number of ether oxygens (including phenoxy) is 2. The van der Waals surface area contributed by atoms with Gasteiger partial charge in [0, 0.05) is 11.8 Å². The summed E-state index contributed by atoms with van der Waals surface area (Å²) in [5, 5.41) is 2.86. The van der Waals surface area contributed by atoms with Gasteiger partial charge in [0.2, 0.25) is 0 Å². The highest BCUT2D eigenvalue weighted by Gasteiger charge is 2.11. The smallest absolute Gasteiger partial charge is 0.262 e. The summed E-state index contributed by atoms with van der Waals surface area (Å²) in [5.41, 5.74) is 1.84. The fraction of sp³-hybridized carbons (Fsp3) is 0.409. The second-order valence-electron chi connectivity index (χ2n) is 6.41. The number of carbonyl (C=O) groups excluding carboxylic acids is 1. The molecule has 1 N–H and O–H groups in total. The molecule has 140 valence electrons. The van der Waals surface area contributed by atoms with Gasteiger partial charge in [0.1, 0.15) is 11.5 Å². The Kier molecular flexibility index (Phi) is 8.00. The zero-order valence-corrected chi connectivity index (χ0v) is 16.0. The van der Waals surface area contributed by atoms with E-state index in [0.29, 0.717) is 18.2 Å². The van der Waals surface area contributed by atoms with Gasteiger partial charge in [-0.2, -0.15) is 0 Å². The van der Waals surface area contributed by atoms with Crippen molar-refractivity contribution in [1.82, 2.24) is 0 Å². The molecule has 0 fully saturated rings. The Bertz CT molecular complexity index is 699. The van der Waals surface area contributed by atoms with E-state index in [1.54, 1.807) is 0 Å². The van der Waals surface area contributed by atoms with Gasteiger partial charge in [-0.05, 0) is 42.5 Å². The average molecular weight is 355 g/mol. The molecule has 1 unspecified atom stereocenters. The van der Waals surface area contributed by atoms with Crippen LogP contribution in [0, 0.1) is 0 Å². The molecule has 1 atom stereocenters. The van der Waals surface area contributed by atoms with Crippen LogP contribution >= 0.6 is 0 Å². The van der Waals surface area contributed by atoms with Gasteiger partial charge in [-0.3, -0.25) is 4.79 Å². The Morgan fingerprint density at radius 3 is 2.65 bits per heavy atom. The van der Waals surface area contributed by atoms with E-state index in [2.05, 4.69) is 32.2 Å². The van der Waals surface area contributed by atoms with Crippen molar-refractivity contribution in [3.63, 3.8) is 0 Å². The van der Waals surface area contributed by atoms with Gasteiger partial charge >= 0.3 is 0 Å².